The Hall–Kier alpha value is -2.49. The molecule has 0 aliphatic rings. The van der Waals surface area contributed by atoms with E-state index in [0.29, 0.717) is 17.1 Å². The molecule has 110 valence electrons. The number of nitrogens with one attached hydrogen (secondary N) is 1. The molecule has 0 radical (unpaired) electrons. The number of nitrogens with two attached hydrogens (primary N) is 1. The first kappa shape index (κ1) is 14.9. The molecule has 0 atom stereocenters. The van der Waals surface area contributed by atoms with Crippen LogP contribution in [0.15, 0.2) is 36.4 Å². The highest BCUT2D eigenvalue weighted by Gasteiger charge is 2.08. The summed E-state index contributed by atoms with van der Waals surface area (Å²) in [6.07, 6.45) is 0. The van der Waals surface area contributed by atoms with Gasteiger partial charge in [0.05, 0.1) is 11.4 Å². The number of nitrogen functional groups attached to an aromatic ring is 1. The molecule has 0 aliphatic heterocycles. The molecule has 2 aromatic carbocycles. The van der Waals surface area contributed by atoms with E-state index in [2.05, 4.69) is 5.32 Å². The normalized spacial score (nSPS) is 10.2. The number of carbonyl (C=O) groups excluding carboxylic acids is 1. The van der Waals surface area contributed by atoms with Crippen LogP contribution in [-0.4, -0.2) is 12.5 Å². The maximum absolute atomic E-state index is 12.0. The zero-order chi connectivity index (χ0) is 15.4. The van der Waals surface area contributed by atoms with Crippen molar-refractivity contribution in [2.24, 2.45) is 0 Å². The second kappa shape index (κ2) is 6.31. The third-order valence-corrected chi connectivity index (χ3v) is 3.42. The van der Waals surface area contributed by atoms with E-state index in [4.69, 9.17) is 10.5 Å². The van der Waals surface area contributed by atoms with Gasteiger partial charge in [-0.2, -0.15) is 0 Å². The van der Waals surface area contributed by atoms with E-state index in [1.165, 1.54) is 5.56 Å². The minimum absolute atomic E-state index is 0.0454. The summed E-state index contributed by atoms with van der Waals surface area (Å²) in [5.74, 6) is 0.459. The molecule has 0 aliphatic carbocycles. The van der Waals surface area contributed by atoms with Crippen LogP contribution in [0.3, 0.4) is 0 Å². The predicted octanol–water partition coefficient (Wildman–Crippen LogP) is 3.21. The van der Waals surface area contributed by atoms with Crippen LogP contribution in [0.25, 0.3) is 0 Å². The highest BCUT2D eigenvalue weighted by atomic mass is 16.5. The Balaban J connectivity index is 1.97. The van der Waals surface area contributed by atoms with E-state index in [1.54, 1.807) is 6.07 Å². The number of amides is 1. The lowest BCUT2D eigenvalue weighted by Gasteiger charge is -2.12. The molecule has 0 spiro atoms. The van der Waals surface area contributed by atoms with Crippen LogP contribution in [0.1, 0.15) is 16.7 Å². The SMILES string of the molecule is Cc1ccc(OCC(=O)Nc2c(C)cccc2N)cc1C. The van der Waals surface area contributed by atoms with Gasteiger partial charge in [0, 0.05) is 0 Å². The highest BCUT2D eigenvalue weighted by molar-refractivity contribution is 5.95. The van der Waals surface area contributed by atoms with E-state index >= 15 is 0 Å². The number of carbonyl (C=O) groups is 1. The Morgan fingerprint density at radius 3 is 2.52 bits per heavy atom. The number of aryl methyl sites for hydroxylation is 3. The minimum Gasteiger partial charge on any atom is -0.484 e. The van der Waals surface area contributed by atoms with Gasteiger partial charge in [0.25, 0.3) is 5.91 Å². The van der Waals surface area contributed by atoms with E-state index in [1.807, 2.05) is 51.1 Å². The van der Waals surface area contributed by atoms with Crippen LogP contribution in [0.5, 0.6) is 5.75 Å². The van der Waals surface area contributed by atoms with Crippen LogP contribution >= 0.6 is 0 Å². The average Bonchev–Trinajstić information content (AvgIpc) is 2.44. The fourth-order valence-electron chi connectivity index (χ4n) is 1.99. The van der Waals surface area contributed by atoms with Crippen LogP contribution in [0, 0.1) is 20.8 Å². The van der Waals surface area contributed by atoms with E-state index < -0.39 is 0 Å². The maximum atomic E-state index is 12.0. The summed E-state index contributed by atoms with van der Waals surface area (Å²) in [6, 6.07) is 11.3. The van der Waals surface area contributed by atoms with Gasteiger partial charge < -0.3 is 15.8 Å². The van der Waals surface area contributed by atoms with Gasteiger partial charge in [-0.25, -0.2) is 0 Å². The summed E-state index contributed by atoms with van der Waals surface area (Å²) >= 11 is 0. The molecule has 0 fully saturated rings. The van der Waals surface area contributed by atoms with Crippen molar-refractivity contribution in [3.8, 4) is 5.75 Å². The molecule has 0 heterocycles. The Morgan fingerprint density at radius 2 is 1.86 bits per heavy atom. The van der Waals surface area contributed by atoms with Crippen molar-refractivity contribution >= 4 is 17.3 Å². The summed E-state index contributed by atoms with van der Waals surface area (Å²) in [5.41, 5.74) is 10.3. The van der Waals surface area contributed by atoms with Crippen molar-refractivity contribution in [1.29, 1.82) is 0 Å². The number of benzene rings is 2. The second-order valence-corrected chi connectivity index (χ2v) is 5.12. The Morgan fingerprint density at radius 1 is 1.10 bits per heavy atom. The third kappa shape index (κ3) is 3.75. The van der Waals surface area contributed by atoms with E-state index in [-0.39, 0.29) is 12.5 Å². The Labute approximate surface area is 124 Å². The highest BCUT2D eigenvalue weighted by Crippen LogP contribution is 2.22. The Kier molecular flexibility index (Phi) is 4.48. The second-order valence-electron chi connectivity index (χ2n) is 5.12. The van der Waals surface area contributed by atoms with Gasteiger partial charge >= 0.3 is 0 Å². The molecule has 1 amide bonds. The molecular formula is C17H20N2O2. The number of ether oxygens (including phenoxy) is 1. The molecule has 3 N–H and O–H groups in total. The van der Waals surface area contributed by atoms with Crippen molar-refractivity contribution in [2.45, 2.75) is 20.8 Å². The molecule has 2 rings (SSSR count). The number of para-hydroxylation sites is 1. The molecule has 4 nitrogen and oxygen atoms in total. The number of rotatable bonds is 4. The van der Waals surface area contributed by atoms with Crippen molar-refractivity contribution in [3.05, 3.63) is 53.1 Å². The first-order valence-corrected chi connectivity index (χ1v) is 6.82. The van der Waals surface area contributed by atoms with Gasteiger partial charge in [-0.3, -0.25) is 4.79 Å². The molecule has 21 heavy (non-hydrogen) atoms. The topological polar surface area (TPSA) is 64.3 Å². The van der Waals surface area contributed by atoms with Gasteiger partial charge in [-0.15, -0.1) is 0 Å². The van der Waals surface area contributed by atoms with Gasteiger partial charge in [0.1, 0.15) is 5.75 Å². The number of hydrogen-bond acceptors (Lipinski definition) is 3. The molecule has 0 saturated carbocycles. The van der Waals surface area contributed by atoms with Gasteiger partial charge in [0.15, 0.2) is 6.61 Å². The lowest BCUT2D eigenvalue weighted by molar-refractivity contribution is -0.118. The van der Waals surface area contributed by atoms with Gasteiger partial charge in [0.2, 0.25) is 0 Å². The molecule has 0 unspecified atom stereocenters. The lowest BCUT2D eigenvalue weighted by atomic mass is 10.1. The quantitative estimate of drug-likeness (QED) is 0.847. The standard InChI is InChI=1S/C17H20N2O2/c1-11-7-8-14(9-13(11)3)21-10-16(20)19-17-12(2)5-4-6-15(17)18/h4-9H,10,18H2,1-3H3,(H,19,20). The van der Waals surface area contributed by atoms with Crippen molar-refractivity contribution in [2.75, 3.05) is 17.7 Å². The zero-order valence-corrected chi connectivity index (χ0v) is 12.6. The molecule has 0 bridgehead atoms. The lowest BCUT2D eigenvalue weighted by Crippen LogP contribution is -2.21. The molecule has 0 aromatic heterocycles. The molecule has 0 saturated heterocycles. The van der Waals surface area contributed by atoms with Crippen molar-refractivity contribution in [3.63, 3.8) is 0 Å². The first-order chi connectivity index (χ1) is 9.97. The van der Waals surface area contributed by atoms with Crippen molar-refractivity contribution < 1.29 is 9.53 Å². The monoisotopic (exact) mass is 284 g/mol. The maximum Gasteiger partial charge on any atom is 0.262 e. The number of anilines is 2. The number of hydrogen-bond donors (Lipinski definition) is 2. The predicted molar refractivity (Wildman–Crippen MR) is 85.6 cm³/mol. The third-order valence-electron chi connectivity index (χ3n) is 3.42. The molecule has 4 heteroatoms. The summed E-state index contributed by atoms with van der Waals surface area (Å²) in [6.45, 7) is 5.90. The summed E-state index contributed by atoms with van der Waals surface area (Å²) in [5, 5.41) is 2.79. The fraction of sp³-hybridized carbons (Fsp3) is 0.235. The summed E-state index contributed by atoms with van der Waals surface area (Å²) < 4.78 is 5.50. The van der Waals surface area contributed by atoms with Crippen LogP contribution in [0.4, 0.5) is 11.4 Å². The minimum atomic E-state index is -0.228. The Bertz CT molecular complexity index is 646. The largest absolute Gasteiger partial charge is 0.484 e. The molecule has 2 aromatic rings. The fourth-order valence-corrected chi connectivity index (χ4v) is 1.99. The van der Waals surface area contributed by atoms with Gasteiger partial charge in [-0.1, -0.05) is 18.2 Å². The average molecular weight is 284 g/mol. The van der Waals surface area contributed by atoms with Crippen LogP contribution < -0.4 is 15.8 Å². The van der Waals surface area contributed by atoms with Gasteiger partial charge in [-0.05, 0) is 55.7 Å². The smallest absolute Gasteiger partial charge is 0.262 e. The van der Waals surface area contributed by atoms with E-state index in [0.717, 1.165) is 11.1 Å². The first-order valence-electron chi connectivity index (χ1n) is 6.82. The molecular weight excluding hydrogens is 264 g/mol. The van der Waals surface area contributed by atoms with Crippen molar-refractivity contribution in [1.82, 2.24) is 0 Å². The van der Waals surface area contributed by atoms with Crippen LogP contribution in [0.2, 0.25) is 0 Å². The summed E-state index contributed by atoms with van der Waals surface area (Å²) in [7, 11) is 0. The van der Waals surface area contributed by atoms with Crippen LogP contribution in [-0.2, 0) is 4.79 Å². The summed E-state index contributed by atoms with van der Waals surface area (Å²) in [4.78, 5) is 12.0. The van der Waals surface area contributed by atoms with E-state index in [9.17, 15) is 4.79 Å². The zero-order valence-electron chi connectivity index (χ0n) is 12.6.